The first-order chi connectivity index (χ1) is 26.6. The molecule has 0 N–H and O–H groups in total. The molecule has 3 aliphatic rings. The first-order valence-electron chi connectivity index (χ1n) is 18.7. The van der Waals surface area contributed by atoms with Gasteiger partial charge in [0.05, 0.1) is 5.70 Å². The van der Waals surface area contributed by atoms with Gasteiger partial charge < -0.3 is 19.1 Å². The van der Waals surface area contributed by atoms with Gasteiger partial charge >= 0.3 is 0 Å². The molecule has 0 atom stereocenters. The fraction of sp³-hybridized carbons (Fsp3) is 0.0612. The van der Waals surface area contributed by atoms with E-state index in [0.717, 1.165) is 45.5 Å². The lowest BCUT2D eigenvalue weighted by molar-refractivity contribution is 0.585. The van der Waals surface area contributed by atoms with Crippen molar-refractivity contribution in [3.05, 3.63) is 199 Å². The first-order valence-corrected chi connectivity index (χ1v) is 18.7. The third kappa shape index (κ3) is 4.33. The van der Waals surface area contributed by atoms with Gasteiger partial charge in [0.15, 0.2) is 5.76 Å². The summed E-state index contributed by atoms with van der Waals surface area (Å²) in [7, 11) is 0. The lowest BCUT2D eigenvalue weighted by atomic mass is 9.30. The lowest BCUT2D eigenvalue weighted by Crippen LogP contribution is -2.57. The van der Waals surface area contributed by atoms with E-state index in [-0.39, 0.29) is 12.1 Å². The monoisotopic (exact) mass is 693 g/mol. The largest absolute Gasteiger partial charge is 0.454 e. The van der Waals surface area contributed by atoms with E-state index in [1.165, 1.54) is 44.4 Å². The predicted octanol–water partition coefficient (Wildman–Crippen LogP) is 11.7. The van der Waals surface area contributed by atoms with Crippen LogP contribution >= 0.6 is 0 Å². The fourth-order valence-electron chi connectivity index (χ4n) is 9.45. The highest BCUT2D eigenvalue weighted by Gasteiger charge is 2.55. The van der Waals surface area contributed by atoms with Crippen molar-refractivity contribution in [2.24, 2.45) is 0 Å². The van der Waals surface area contributed by atoms with Crippen molar-refractivity contribution in [1.82, 2.24) is 0 Å². The van der Waals surface area contributed by atoms with Crippen molar-refractivity contribution in [1.29, 1.82) is 0 Å². The lowest BCUT2D eigenvalue weighted by Gasteiger charge is -2.46. The third-order valence-electron chi connectivity index (χ3n) is 11.6. The zero-order valence-electron chi connectivity index (χ0n) is 30.1. The average Bonchev–Trinajstić information content (AvgIpc) is 3.72. The van der Waals surface area contributed by atoms with Gasteiger partial charge in [-0.15, -0.1) is 0 Å². The molecule has 4 nitrogen and oxygen atoms in total. The Labute approximate surface area is 315 Å². The van der Waals surface area contributed by atoms with Gasteiger partial charge in [-0.3, -0.25) is 0 Å². The van der Waals surface area contributed by atoms with Crippen LogP contribution in [0.3, 0.4) is 0 Å². The molecule has 0 spiro atoms. The van der Waals surface area contributed by atoms with Crippen LogP contribution < -0.4 is 25.6 Å². The number of fused-ring (bicyclic) bond motifs is 7. The molecule has 0 unspecified atom stereocenters. The number of benzene rings is 7. The van der Waals surface area contributed by atoms with Gasteiger partial charge in [0, 0.05) is 61.9 Å². The smallest absolute Gasteiger partial charge is 0.248 e. The van der Waals surface area contributed by atoms with Gasteiger partial charge in [-0.1, -0.05) is 122 Å². The second kappa shape index (κ2) is 11.6. The highest BCUT2D eigenvalue weighted by Crippen LogP contribution is 2.58. The molecule has 7 aromatic carbocycles. The molecule has 0 bridgehead atoms. The molecule has 0 amide bonds. The maximum Gasteiger partial charge on any atom is 0.248 e. The van der Waals surface area contributed by atoms with Crippen molar-refractivity contribution in [2.45, 2.75) is 19.3 Å². The Kier molecular flexibility index (Phi) is 6.66. The standard InChI is InChI=1S/C49H36BN3O/c1-49(2)44-38-26-15-16-29-43(38)54-47(44)46-48(49)50-39-31-30-37(51(33-18-7-3-8-19-33)34-20-9-4-10-21-34)32-42(39)52(35-22-11-5-12-23-35)40-27-17-28-41(45(40)50)53(46)36-24-13-6-14-25-36/h3-32H,1-2H3. The summed E-state index contributed by atoms with van der Waals surface area (Å²) >= 11 is 0. The molecular weight excluding hydrogens is 657 g/mol. The van der Waals surface area contributed by atoms with E-state index in [2.05, 4.69) is 211 Å². The van der Waals surface area contributed by atoms with E-state index in [0.29, 0.717) is 0 Å². The van der Waals surface area contributed by atoms with E-state index in [9.17, 15) is 0 Å². The van der Waals surface area contributed by atoms with Gasteiger partial charge in [0.1, 0.15) is 5.58 Å². The summed E-state index contributed by atoms with van der Waals surface area (Å²) in [5.41, 5.74) is 16.1. The van der Waals surface area contributed by atoms with Crippen LogP contribution in [0.1, 0.15) is 25.2 Å². The quantitative estimate of drug-likeness (QED) is 0.167. The molecule has 5 heteroatoms. The molecule has 0 saturated carbocycles. The highest BCUT2D eigenvalue weighted by atomic mass is 16.3. The molecule has 0 fully saturated rings. The van der Waals surface area contributed by atoms with Crippen LogP contribution in [0.2, 0.25) is 0 Å². The minimum absolute atomic E-state index is 0.00608. The van der Waals surface area contributed by atoms with Crippen molar-refractivity contribution in [3.63, 3.8) is 0 Å². The Balaban J connectivity index is 1.23. The van der Waals surface area contributed by atoms with Gasteiger partial charge in [0.25, 0.3) is 0 Å². The number of para-hydroxylation sites is 5. The third-order valence-corrected chi connectivity index (χ3v) is 11.6. The minimum Gasteiger partial charge on any atom is -0.454 e. The maximum atomic E-state index is 6.93. The zero-order valence-corrected chi connectivity index (χ0v) is 30.1. The number of anilines is 8. The average molecular weight is 694 g/mol. The molecule has 256 valence electrons. The Morgan fingerprint density at radius 1 is 0.519 bits per heavy atom. The SMILES string of the molecule is CC1(C)C2=C(c3oc4ccccc4c31)N(c1ccccc1)c1cccc3c1B2c1ccc(N(c2ccccc2)c2ccccc2)cc1N3c1ccccc1. The second-order valence-corrected chi connectivity index (χ2v) is 14.9. The molecule has 2 aliphatic heterocycles. The molecule has 3 heterocycles. The van der Waals surface area contributed by atoms with Gasteiger partial charge in [0.2, 0.25) is 6.71 Å². The Morgan fingerprint density at radius 2 is 1.07 bits per heavy atom. The number of furan rings is 1. The highest BCUT2D eigenvalue weighted by molar-refractivity contribution is 6.96. The predicted molar refractivity (Wildman–Crippen MR) is 226 cm³/mol. The molecule has 11 rings (SSSR count). The van der Waals surface area contributed by atoms with Crippen LogP contribution in [-0.4, -0.2) is 6.71 Å². The van der Waals surface area contributed by atoms with Crippen molar-refractivity contribution in [2.75, 3.05) is 14.7 Å². The summed E-state index contributed by atoms with van der Waals surface area (Å²) in [6.07, 6.45) is 0. The van der Waals surface area contributed by atoms with E-state index < -0.39 is 0 Å². The summed E-state index contributed by atoms with van der Waals surface area (Å²) in [5.74, 6) is 0.971. The number of rotatable bonds is 5. The Bertz CT molecular complexity index is 2720. The van der Waals surface area contributed by atoms with E-state index in [1.54, 1.807) is 0 Å². The van der Waals surface area contributed by atoms with E-state index >= 15 is 0 Å². The van der Waals surface area contributed by atoms with Crippen LogP contribution in [-0.2, 0) is 5.41 Å². The summed E-state index contributed by atoms with van der Waals surface area (Å²) in [4.78, 5) is 7.31. The molecule has 54 heavy (non-hydrogen) atoms. The van der Waals surface area contributed by atoms with Gasteiger partial charge in [-0.25, -0.2) is 0 Å². The topological polar surface area (TPSA) is 22.9 Å². The van der Waals surface area contributed by atoms with E-state index in [4.69, 9.17) is 4.42 Å². The molecule has 1 aromatic heterocycles. The van der Waals surface area contributed by atoms with Crippen LogP contribution in [0.5, 0.6) is 0 Å². The van der Waals surface area contributed by atoms with Crippen molar-refractivity contribution >= 4 is 79.8 Å². The molecule has 8 aromatic rings. The fourth-order valence-corrected chi connectivity index (χ4v) is 9.45. The Morgan fingerprint density at radius 3 is 1.72 bits per heavy atom. The number of nitrogens with zero attached hydrogens (tertiary/aromatic N) is 3. The van der Waals surface area contributed by atoms with Crippen molar-refractivity contribution in [3.8, 4) is 0 Å². The van der Waals surface area contributed by atoms with E-state index in [1.807, 2.05) is 0 Å². The minimum atomic E-state index is -0.329. The molecular formula is C49H36BN3O. The summed E-state index contributed by atoms with van der Waals surface area (Å²) in [6.45, 7) is 4.79. The maximum absolute atomic E-state index is 6.93. The molecule has 1 aliphatic carbocycles. The molecule has 0 saturated heterocycles. The number of hydrogen-bond acceptors (Lipinski definition) is 4. The summed E-state index contributed by atoms with van der Waals surface area (Å²) in [5, 5.41) is 1.18. The summed E-state index contributed by atoms with van der Waals surface area (Å²) < 4.78 is 6.93. The number of hydrogen-bond donors (Lipinski definition) is 0. The summed E-state index contributed by atoms with van der Waals surface area (Å²) in [6, 6.07) is 65.4. The van der Waals surface area contributed by atoms with Crippen LogP contribution in [0, 0.1) is 0 Å². The first kappa shape index (κ1) is 30.9. The second-order valence-electron chi connectivity index (χ2n) is 14.9. The zero-order chi connectivity index (χ0) is 36.0. The van der Waals surface area contributed by atoms with Crippen LogP contribution in [0.4, 0.5) is 45.5 Å². The normalized spacial score (nSPS) is 14.8. The van der Waals surface area contributed by atoms with Gasteiger partial charge in [-0.2, -0.15) is 0 Å². The molecule has 0 radical (unpaired) electrons. The number of allylic oxidation sites excluding steroid dienone is 1. The Hall–Kier alpha value is -6.72. The van der Waals surface area contributed by atoms with Crippen molar-refractivity contribution < 1.29 is 4.42 Å². The van der Waals surface area contributed by atoms with Gasteiger partial charge in [-0.05, 0) is 89.8 Å². The van der Waals surface area contributed by atoms with Crippen LogP contribution in [0.15, 0.2) is 192 Å². The van der Waals surface area contributed by atoms with Crippen LogP contribution in [0.25, 0.3) is 16.7 Å².